The normalized spacial score (nSPS) is 11.0. The Morgan fingerprint density at radius 2 is 1.66 bits per heavy atom. The van der Waals surface area contributed by atoms with Gasteiger partial charge in [-0.2, -0.15) is 8.42 Å². The molecule has 0 N–H and O–H groups in total. The van der Waals surface area contributed by atoms with Crippen molar-refractivity contribution in [1.82, 2.24) is 4.90 Å². The number of rotatable bonds is 10. The first kappa shape index (κ1) is 22.5. The van der Waals surface area contributed by atoms with E-state index in [0.717, 1.165) is 6.26 Å². The van der Waals surface area contributed by atoms with Crippen LogP contribution in [-0.2, 0) is 21.4 Å². The third-order valence-corrected chi connectivity index (χ3v) is 4.51. The molecule has 0 spiro atoms. The summed E-state index contributed by atoms with van der Waals surface area (Å²) in [6.45, 7) is 0.943. The summed E-state index contributed by atoms with van der Waals surface area (Å²) >= 11 is 0. The first-order valence-electron chi connectivity index (χ1n) is 8.76. The maximum absolute atomic E-state index is 13.0. The number of carbonyl (C=O) groups excluding carboxylic acids is 1. The molecule has 0 bridgehead atoms. The Hall–Kier alpha value is -2.78. The minimum absolute atomic E-state index is 0.0658. The number of carbonyl (C=O) groups is 1. The van der Waals surface area contributed by atoms with Crippen LogP contribution in [0.1, 0.15) is 15.9 Å². The van der Waals surface area contributed by atoms with Crippen molar-refractivity contribution in [2.75, 3.05) is 40.7 Å². The molecule has 29 heavy (non-hydrogen) atoms. The van der Waals surface area contributed by atoms with Crippen molar-refractivity contribution in [1.29, 1.82) is 0 Å². The molecular weight excluding hydrogens is 398 g/mol. The van der Waals surface area contributed by atoms with Crippen LogP contribution in [0.3, 0.4) is 0 Å². The average Bonchev–Trinajstić information content (AvgIpc) is 2.69. The second kappa shape index (κ2) is 10.1. The van der Waals surface area contributed by atoms with E-state index in [-0.39, 0.29) is 24.0 Å². The van der Waals surface area contributed by atoms with Gasteiger partial charge in [0, 0.05) is 25.8 Å². The van der Waals surface area contributed by atoms with Gasteiger partial charge >= 0.3 is 10.1 Å². The van der Waals surface area contributed by atoms with Crippen molar-refractivity contribution in [3.8, 4) is 17.2 Å². The van der Waals surface area contributed by atoms with Crippen LogP contribution in [0.15, 0.2) is 42.5 Å². The zero-order valence-electron chi connectivity index (χ0n) is 16.9. The van der Waals surface area contributed by atoms with E-state index in [1.165, 1.54) is 7.11 Å². The third kappa shape index (κ3) is 6.65. The highest BCUT2D eigenvalue weighted by molar-refractivity contribution is 7.86. The summed E-state index contributed by atoms with van der Waals surface area (Å²) in [6.07, 6.45) is 0.956. The molecule has 0 aliphatic rings. The van der Waals surface area contributed by atoms with Gasteiger partial charge in [-0.3, -0.25) is 4.79 Å². The zero-order valence-corrected chi connectivity index (χ0v) is 17.7. The van der Waals surface area contributed by atoms with Gasteiger partial charge in [-0.1, -0.05) is 6.07 Å². The van der Waals surface area contributed by atoms with Crippen LogP contribution >= 0.6 is 0 Å². The molecule has 158 valence electrons. The van der Waals surface area contributed by atoms with Gasteiger partial charge in [0.05, 0.1) is 27.1 Å². The van der Waals surface area contributed by atoms with E-state index < -0.39 is 10.1 Å². The molecule has 0 aromatic heterocycles. The summed E-state index contributed by atoms with van der Waals surface area (Å²) in [6, 6.07) is 11.7. The van der Waals surface area contributed by atoms with Crippen molar-refractivity contribution >= 4 is 16.0 Å². The Bertz CT molecular complexity index is 926. The van der Waals surface area contributed by atoms with Crippen LogP contribution in [0.5, 0.6) is 17.2 Å². The first-order valence-corrected chi connectivity index (χ1v) is 10.6. The van der Waals surface area contributed by atoms with Gasteiger partial charge in [0.1, 0.15) is 5.75 Å². The van der Waals surface area contributed by atoms with Crippen LogP contribution in [0.25, 0.3) is 0 Å². The first-order chi connectivity index (χ1) is 13.8. The van der Waals surface area contributed by atoms with E-state index in [4.69, 9.17) is 18.4 Å². The highest BCUT2D eigenvalue weighted by Gasteiger charge is 2.18. The Morgan fingerprint density at radius 1 is 0.966 bits per heavy atom. The summed E-state index contributed by atoms with van der Waals surface area (Å²) < 4.78 is 43.4. The molecule has 2 aromatic rings. The molecule has 0 aliphatic carbocycles. The molecule has 0 aliphatic heterocycles. The fourth-order valence-corrected chi connectivity index (χ4v) is 3.09. The number of ether oxygens (including phenoxy) is 3. The minimum atomic E-state index is -3.73. The highest BCUT2D eigenvalue weighted by atomic mass is 32.2. The number of hydrogen-bond acceptors (Lipinski definition) is 7. The molecule has 0 saturated carbocycles. The average molecular weight is 423 g/mol. The quantitative estimate of drug-likeness (QED) is 0.542. The standard InChI is InChI=1S/C20H25NO7S/c1-25-12-11-21(20(22)16-6-8-17(26-2)9-7-16)14-15-5-10-18(27-3)19(13-15)28-29(4,23)24/h5-10,13H,11-12,14H2,1-4H3. The molecule has 2 aromatic carbocycles. The van der Waals surface area contributed by atoms with E-state index >= 15 is 0 Å². The Balaban J connectivity index is 2.28. The molecule has 1 amide bonds. The summed E-state index contributed by atoms with van der Waals surface area (Å²) in [5.74, 6) is 0.814. The van der Waals surface area contributed by atoms with E-state index in [2.05, 4.69) is 0 Å². The second-order valence-corrected chi connectivity index (χ2v) is 7.80. The lowest BCUT2D eigenvalue weighted by Gasteiger charge is -2.23. The second-order valence-electron chi connectivity index (χ2n) is 6.22. The zero-order chi connectivity index (χ0) is 21.4. The van der Waals surface area contributed by atoms with E-state index in [1.807, 2.05) is 0 Å². The lowest BCUT2D eigenvalue weighted by Crippen LogP contribution is -2.33. The Labute approximate surface area is 171 Å². The molecule has 0 heterocycles. The molecular formula is C20H25NO7S. The number of amides is 1. The Kier molecular flexibility index (Phi) is 7.86. The fraction of sp³-hybridized carbons (Fsp3) is 0.350. The van der Waals surface area contributed by atoms with Gasteiger partial charge < -0.3 is 23.3 Å². The summed E-state index contributed by atoms with van der Waals surface area (Å²) in [4.78, 5) is 14.6. The maximum Gasteiger partial charge on any atom is 0.306 e. The van der Waals surface area contributed by atoms with Crippen LogP contribution in [0.2, 0.25) is 0 Å². The van der Waals surface area contributed by atoms with E-state index in [1.54, 1.807) is 61.6 Å². The van der Waals surface area contributed by atoms with Gasteiger partial charge in [0.25, 0.3) is 5.91 Å². The molecule has 0 radical (unpaired) electrons. The van der Waals surface area contributed by atoms with Gasteiger partial charge in [0.2, 0.25) is 0 Å². The summed E-state index contributed by atoms with van der Waals surface area (Å²) in [5, 5.41) is 0. The molecule has 8 nitrogen and oxygen atoms in total. The van der Waals surface area contributed by atoms with Crippen molar-refractivity contribution in [2.24, 2.45) is 0 Å². The lowest BCUT2D eigenvalue weighted by molar-refractivity contribution is 0.0680. The van der Waals surface area contributed by atoms with Crippen molar-refractivity contribution in [3.63, 3.8) is 0 Å². The van der Waals surface area contributed by atoms with Crippen molar-refractivity contribution in [2.45, 2.75) is 6.54 Å². The van der Waals surface area contributed by atoms with Gasteiger partial charge in [-0.05, 0) is 42.0 Å². The van der Waals surface area contributed by atoms with Gasteiger partial charge in [-0.15, -0.1) is 0 Å². The number of hydrogen-bond donors (Lipinski definition) is 0. The molecule has 0 fully saturated rings. The highest BCUT2D eigenvalue weighted by Crippen LogP contribution is 2.30. The van der Waals surface area contributed by atoms with Crippen LogP contribution in [-0.4, -0.2) is 60.0 Å². The van der Waals surface area contributed by atoms with Crippen molar-refractivity contribution < 1.29 is 31.6 Å². The van der Waals surface area contributed by atoms with E-state index in [9.17, 15) is 13.2 Å². The fourth-order valence-electron chi connectivity index (χ4n) is 2.64. The van der Waals surface area contributed by atoms with Gasteiger partial charge in [-0.25, -0.2) is 0 Å². The predicted octanol–water partition coefficient (Wildman–Crippen LogP) is 2.33. The van der Waals surface area contributed by atoms with Crippen LogP contribution < -0.4 is 13.7 Å². The van der Waals surface area contributed by atoms with Gasteiger partial charge in [0.15, 0.2) is 11.5 Å². The van der Waals surface area contributed by atoms with E-state index in [0.29, 0.717) is 30.0 Å². The monoisotopic (exact) mass is 423 g/mol. The number of nitrogens with zero attached hydrogens (tertiary/aromatic N) is 1. The molecule has 0 saturated heterocycles. The number of methoxy groups -OCH3 is 3. The molecule has 0 atom stereocenters. The number of benzene rings is 2. The molecule has 9 heteroatoms. The molecule has 2 rings (SSSR count). The lowest BCUT2D eigenvalue weighted by atomic mass is 10.1. The predicted molar refractivity (Wildman–Crippen MR) is 108 cm³/mol. The maximum atomic E-state index is 13.0. The Morgan fingerprint density at radius 3 is 2.21 bits per heavy atom. The summed E-state index contributed by atoms with van der Waals surface area (Å²) in [5.41, 5.74) is 1.19. The smallest absolute Gasteiger partial charge is 0.306 e. The van der Waals surface area contributed by atoms with Crippen LogP contribution in [0, 0.1) is 0 Å². The summed E-state index contributed by atoms with van der Waals surface area (Å²) in [7, 11) is 0.805. The minimum Gasteiger partial charge on any atom is -0.497 e. The largest absolute Gasteiger partial charge is 0.497 e. The SMILES string of the molecule is COCCN(Cc1ccc(OC)c(OS(C)(=O)=O)c1)C(=O)c1ccc(OC)cc1. The third-order valence-electron chi connectivity index (χ3n) is 4.03. The topological polar surface area (TPSA) is 91.4 Å². The van der Waals surface area contributed by atoms with Crippen LogP contribution in [0.4, 0.5) is 0 Å². The molecule has 0 unspecified atom stereocenters. The van der Waals surface area contributed by atoms with Crippen molar-refractivity contribution in [3.05, 3.63) is 53.6 Å².